The van der Waals surface area contributed by atoms with E-state index in [9.17, 15) is 4.79 Å². The number of carbonyl (C=O) groups excluding carboxylic acids is 1. The van der Waals surface area contributed by atoms with Crippen LogP contribution in [0.5, 0.6) is 0 Å². The molecule has 74 valence electrons. The summed E-state index contributed by atoms with van der Waals surface area (Å²) in [6, 6.07) is 0. The average Bonchev–Trinajstić information content (AvgIpc) is 2.33. The summed E-state index contributed by atoms with van der Waals surface area (Å²) < 4.78 is 5.28. The minimum Gasteiger partial charge on any atom is -0.459 e. The first-order chi connectivity index (χ1) is 6.08. The molecule has 1 aliphatic carbocycles. The molecule has 1 rings (SSSR count). The fourth-order valence-corrected chi connectivity index (χ4v) is 1.70. The van der Waals surface area contributed by atoms with Crippen molar-refractivity contribution in [1.29, 1.82) is 0 Å². The molecule has 0 heterocycles. The van der Waals surface area contributed by atoms with Gasteiger partial charge in [0.05, 0.1) is 0 Å². The Balaban J connectivity index is 2.33. The number of rotatable bonds is 2. The fourth-order valence-electron chi connectivity index (χ4n) is 1.70. The van der Waals surface area contributed by atoms with Crippen LogP contribution in [0.1, 0.15) is 40.0 Å². The Bertz CT molecular complexity index is 214. The van der Waals surface area contributed by atoms with Crippen LogP contribution in [0.3, 0.4) is 0 Å². The van der Waals surface area contributed by atoms with Gasteiger partial charge in [-0.1, -0.05) is 12.5 Å². The third-order valence-corrected chi connectivity index (χ3v) is 2.34. The zero-order chi connectivity index (χ0) is 9.84. The van der Waals surface area contributed by atoms with Crippen molar-refractivity contribution in [3.63, 3.8) is 0 Å². The van der Waals surface area contributed by atoms with Gasteiger partial charge in [0.2, 0.25) is 0 Å². The van der Waals surface area contributed by atoms with Crippen LogP contribution in [0.25, 0.3) is 0 Å². The first-order valence-corrected chi connectivity index (χ1v) is 4.93. The number of esters is 1. The highest BCUT2D eigenvalue weighted by molar-refractivity contribution is 5.82. The molecule has 1 fully saturated rings. The van der Waals surface area contributed by atoms with Gasteiger partial charge in [0, 0.05) is 6.08 Å². The molecular formula is C11H18O2. The van der Waals surface area contributed by atoms with Crippen molar-refractivity contribution < 1.29 is 9.53 Å². The van der Waals surface area contributed by atoms with E-state index in [0.717, 1.165) is 18.4 Å². The van der Waals surface area contributed by atoms with Crippen molar-refractivity contribution in [1.82, 2.24) is 0 Å². The van der Waals surface area contributed by atoms with Gasteiger partial charge in [-0.05, 0) is 39.0 Å². The molecule has 1 aliphatic rings. The molecule has 1 saturated carbocycles. The summed E-state index contributed by atoms with van der Waals surface area (Å²) in [6.45, 7) is 6.01. The van der Waals surface area contributed by atoms with Gasteiger partial charge < -0.3 is 4.74 Å². The number of ether oxygens (including phenoxy) is 1. The highest BCUT2D eigenvalue weighted by atomic mass is 16.5. The van der Waals surface area contributed by atoms with Crippen LogP contribution in [-0.4, -0.2) is 12.1 Å². The van der Waals surface area contributed by atoms with E-state index in [1.807, 2.05) is 13.8 Å². The van der Waals surface area contributed by atoms with E-state index in [-0.39, 0.29) is 12.1 Å². The third-order valence-electron chi connectivity index (χ3n) is 2.34. The maximum Gasteiger partial charge on any atom is 0.330 e. The minimum atomic E-state index is -0.181. The molecule has 2 unspecified atom stereocenters. The first-order valence-electron chi connectivity index (χ1n) is 4.93. The standard InChI is InChI=1S/C11H18O2/c1-8(2)6-11(12)13-10-5-4-9(3)7-10/h6,9-10H,4-5,7H2,1-3H3. The van der Waals surface area contributed by atoms with Gasteiger partial charge in [-0.2, -0.15) is 0 Å². The highest BCUT2D eigenvalue weighted by Crippen LogP contribution is 2.27. The van der Waals surface area contributed by atoms with Crippen molar-refractivity contribution in [3.8, 4) is 0 Å². The predicted molar refractivity (Wildman–Crippen MR) is 52.3 cm³/mol. The van der Waals surface area contributed by atoms with E-state index in [1.165, 1.54) is 6.42 Å². The molecule has 0 aromatic carbocycles. The molecule has 13 heavy (non-hydrogen) atoms. The van der Waals surface area contributed by atoms with Crippen LogP contribution in [0, 0.1) is 5.92 Å². The van der Waals surface area contributed by atoms with Crippen LogP contribution in [0.2, 0.25) is 0 Å². The van der Waals surface area contributed by atoms with Gasteiger partial charge in [0.15, 0.2) is 0 Å². The number of hydrogen-bond donors (Lipinski definition) is 0. The van der Waals surface area contributed by atoms with Crippen molar-refractivity contribution in [3.05, 3.63) is 11.6 Å². The summed E-state index contributed by atoms with van der Waals surface area (Å²) in [6.07, 6.45) is 4.97. The lowest BCUT2D eigenvalue weighted by molar-refractivity contribution is -0.142. The molecule has 2 heteroatoms. The molecule has 2 atom stereocenters. The lowest BCUT2D eigenvalue weighted by Gasteiger charge is -2.09. The highest BCUT2D eigenvalue weighted by Gasteiger charge is 2.23. The van der Waals surface area contributed by atoms with Gasteiger partial charge in [-0.3, -0.25) is 0 Å². The van der Waals surface area contributed by atoms with Gasteiger partial charge in [-0.15, -0.1) is 0 Å². The van der Waals surface area contributed by atoms with Gasteiger partial charge >= 0.3 is 5.97 Å². The lowest BCUT2D eigenvalue weighted by atomic mass is 10.1. The van der Waals surface area contributed by atoms with E-state index in [2.05, 4.69) is 6.92 Å². The van der Waals surface area contributed by atoms with E-state index >= 15 is 0 Å². The maximum atomic E-state index is 11.2. The van der Waals surface area contributed by atoms with Crippen molar-refractivity contribution in [2.45, 2.75) is 46.1 Å². The van der Waals surface area contributed by atoms with E-state index in [4.69, 9.17) is 4.74 Å². The quantitative estimate of drug-likeness (QED) is 0.485. The molecule has 0 spiro atoms. The van der Waals surface area contributed by atoms with Crippen molar-refractivity contribution in [2.24, 2.45) is 5.92 Å². The summed E-state index contributed by atoms with van der Waals surface area (Å²) >= 11 is 0. The van der Waals surface area contributed by atoms with E-state index in [0.29, 0.717) is 5.92 Å². The third kappa shape index (κ3) is 3.62. The Morgan fingerprint density at radius 2 is 2.08 bits per heavy atom. The van der Waals surface area contributed by atoms with Crippen LogP contribution >= 0.6 is 0 Å². The minimum absolute atomic E-state index is 0.165. The Kier molecular flexibility index (Phi) is 3.52. The normalized spacial score (nSPS) is 27.0. The predicted octanol–water partition coefficient (Wildman–Crippen LogP) is 2.68. The molecule has 0 amide bonds. The number of allylic oxidation sites excluding steroid dienone is 1. The van der Waals surface area contributed by atoms with Crippen molar-refractivity contribution >= 4 is 5.97 Å². The molecule has 0 saturated heterocycles. The summed E-state index contributed by atoms with van der Waals surface area (Å²) in [5.74, 6) is 0.531. The molecule has 0 N–H and O–H groups in total. The summed E-state index contributed by atoms with van der Waals surface area (Å²) in [7, 11) is 0. The second-order valence-corrected chi connectivity index (χ2v) is 4.20. The van der Waals surface area contributed by atoms with Gasteiger partial charge in [-0.25, -0.2) is 4.79 Å². The zero-order valence-corrected chi connectivity index (χ0v) is 8.67. The Morgan fingerprint density at radius 1 is 1.38 bits per heavy atom. The van der Waals surface area contributed by atoms with Crippen LogP contribution < -0.4 is 0 Å². The Morgan fingerprint density at radius 3 is 2.54 bits per heavy atom. The monoisotopic (exact) mass is 182 g/mol. The zero-order valence-electron chi connectivity index (χ0n) is 8.67. The Labute approximate surface area is 80.0 Å². The first kappa shape index (κ1) is 10.3. The molecule has 0 aliphatic heterocycles. The Hall–Kier alpha value is -0.790. The van der Waals surface area contributed by atoms with E-state index < -0.39 is 0 Å². The van der Waals surface area contributed by atoms with Gasteiger partial charge in [0.1, 0.15) is 6.10 Å². The summed E-state index contributed by atoms with van der Waals surface area (Å²) in [5.41, 5.74) is 0.996. The van der Waals surface area contributed by atoms with Crippen LogP contribution in [0.4, 0.5) is 0 Å². The number of carbonyl (C=O) groups is 1. The van der Waals surface area contributed by atoms with Gasteiger partial charge in [0.25, 0.3) is 0 Å². The SMILES string of the molecule is CC(C)=CC(=O)OC1CCC(C)C1. The van der Waals surface area contributed by atoms with Crippen LogP contribution in [-0.2, 0) is 9.53 Å². The van der Waals surface area contributed by atoms with Crippen LogP contribution in [0.15, 0.2) is 11.6 Å². The van der Waals surface area contributed by atoms with E-state index in [1.54, 1.807) is 6.08 Å². The summed E-state index contributed by atoms with van der Waals surface area (Å²) in [4.78, 5) is 11.2. The number of hydrogen-bond acceptors (Lipinski definition) is 2. The topological polar surface area (TPSA) is 26.3 Å². The molecule has 0 aromatic rings. The molecule has 0 radical (unpaired) electrons. The van der Waals surface area contributed by atoms with Crippen molar-refractivity contribution in [2.75, 3.05) is 0 Å². The lowest BCUT2D eigenvalue weighted by Crippen LogP contribution is -2.13. The molecule has 0 bridgehead atoms. The maximum absolute atomic E-state index is 11.2. The average molecular weight is 182 g/mol. The summed E-state index contributed by atoms with van der Waals surface area (Å²) in [5, 5.41) is 0. The molecule has 2 nitrogen and oxygen atoms in total. The molecule has 0 aromatic heterocycles. The fraction of sp³-hybridized carbons (Fsp3) is 0.727. The second-order valence-electron chi connectivity index (χ2n) is 4.20. The largest absolute Gasteiger partial charge is 0.459 e. The second kappa shape index (κ2) is 4.45. The smallest absolute Gasteiger partial charge is 0.330 e. The molecular weight excluding hydrogens is 164 g/mol.